The monoisotopic (exact) mass is 585 g/mol. The summed E-state index contributed by atoms with van der Waals surface area (Å²) in [6.45, 7) is 8.87. The van der Waals surface area contributed by atoms with Gasteiger partial charge in [0.05, 0.1) is 48.7 Å². The van der Waals surface area contributed by atoms with Crippen molar-refractivity contribution in [2.75, 3.05) is 47.9 Å². The van der Waals surface area contributed by atoms with Gasteiger partial charge in [0.2, 0.25) is 23.6 Å². The van der Waals surface area contributed by atoms with Gasteiger partial charge in [-0.2, -0.15) is 0 Å². The van der Waals surface area contributed by atoms with Gasteiger partial charge < -0.3 is 40.3 Å². The fourth-order valence-electron chi connectivity index (χ4n) is 5.26. The molecule has 236 valence electrons. The molecule has 6 atom stereocenters. The van der Waals surface area contributed by atoms with E-state index in [-0.39, 0.29) is 42.6 Å². The van der Waals surface area contributed by atoms with Crippen LogP contribution in [0.25, 0.3) is 0 Å². The molecule has 4 amide bonds. The van der Waals surface area contributed by atoms with Gasteiger partial charge in [0.15, 0.2) is 0 Å². The molecule has 4 N–H and O–H groups in total. The Labute approximate surface area is 244 Å². The number of nitrogens with zero attached hydrogens (tertiary/aromatic N) is 2. The number of likely N-dealkylation sites (tertiary alicyclic amines) is 1. The first-order chi connectivity index (χ1) is 19.2. The zero-order chi connectivity index (χ0) is 31.5. The van der Waals surface area contributed by atoms with E-state index in [2.05, 4.69) is 16.0 Å². The average Bonchev–Trinajstić information content (AvgIpc) is 3.43. The maximum atomic E-state index is 13.7. The van der Waals surface area contributed by atoms with Gasteiger partial charge in [0.1, 0.15) is 6.54 Å². The van der Waals surface area contributed by atoms with Crippen LogP contribution in [0.1, 0.15) is 60.3 Å². The molecule has 13 nitrogen and oxygen atoms in total. The van der Waals surface area contributed by atoms with Crippen molar-refractivity contribution in [3.05, 3.63) is 0 Å². The van der Waals surface area contributed by atoms with E-state index >= 15 is 0 Å². The minimum Gasteiger partial charge on any atom is -0.480 e. The second kappa shape index (κ2) is 16.6. The Kier molecular flexibility index (Phi) is 14.7. The molecule has 41 heavy (non-hydrogen) atoms. The molecule has 1 saturated heterocycles. The van der Waals surface area contributed by atoms with Crippen molar-refractivity contribution in [3.8, 4) is 0 Å². The van der Waals surface area contributed by atoms with Crippen LogP contribution in [-0.4, -0.2) is 122 Å². The molecule has 0 radical (unpaired) electrons. The molecule has 0 aromatic carbocycles. The smallest absolute Gasteiger partial charge is 0.322 e. The highest BCUT2D eigenvalue weighted by Crippen LogP contribution is 2.29. The van der Waals surface area contributed by atoms with Gasteiger partial charge in [-0.3, -0.25) is 24.0 Å². The van der Waals surface area contributed by atoms with E-state index in [9.17, 15) is 24.0 Å². The van der Waals surface area contributed by atoms with Gasteiger partial charge in [0.25, 0.3) is 0 Å². The first-order valence-electron chi connectivity index (χ1n) is 14.2. The van der Waals surface area contributed by atoms with E-state index in [0.717, 1.165) is 12.8 Å². The van der Waals surface area contributed by atoms with E-state index in [4.69, 9.17) is 14.6 Å². The van der Waals surface area contributed by atoms with Crippen molar-refractivity contribution in [3.63, 3.8) is 0 Å². The third-order valence-electron chi connectivity index (χ3n) is 8.31. The molecule has 1 aliphatic heterocycles. The minimum absolute atomic E-state index is 0.00873. The molecule has 1 aliphatic rings. The third kappa shape index (κ3) is 9.93. The molecule has 0 saturated carbocycles. The van der Waals surface area contributed by atoms with Gasteiger partial charge in [0, 0.05) is 27.8 Å². The second-order valence-corrected chi connectivity index (χ2v) is 11.3. The number of nitrogens with one attached hydrogen (secondary N) is 3. The van der Waals surface area contributed by atoms with Crippen LogP contribution in [0.2, 0.25) is 0 Å². The zero-order valence-corrected chi connectivity index (χ0v) is 26.1. The number of likely N-dealkylation sites (N-methyl/N-ethyl adjacent to an activating group) is 2. The van der Waals surface area contributed by atoms with E-state index in [0.29, 0.717) is 13.0 Å². The van der Waals surface area contributed by atoms with Crippen LogP contribution in [0.4, 0.5) is 0 Å². The Morgan fingerprint density at radius 3 is 2.22 bits per heavy atom. The van der Waals surface area contributed by atoms with Crippen molar-refractivity contribution in [2.24, 2.45) is 11.8 Å². The largest absolute Gasteiger partial charge is 0.480 e. The molecule has 1 fully saturated rings. The minimum atomic E-state index is -1.15. The second-order valence-electron chi connectivity index (χ2n) is 11.3. The third-order valence-corrected chi connectivity index (χ3v) is 8.31. The highest BCUT2D eigenvalue weighted by Gasteiger charge is 2.42. The average molecular weight is 586 g/mol. The van der Waals surface area contributed by atoms with Crippen LogP contribution in [-0.2, 0) is 33.4 Å². The summed E-state index contributed by atoms with van der Waals surface area (Å²) in [6, 6.07) is -0.807. The predicted octanol–water partition coefficient (Wildman–Crippen LogP) is 0.222. The molecule has 1 heterocycles. The fraction of sp³-hybridized carbons (Fsp3) is 0.821. The van der Waals surface area contributed by atoms with E-state index in [1.807, 2.05) is 13.8 Å². The van der Waals surface area contributed by atoms with Crippen LogP contribution in [0, 0.1) is 11.8 Å². The molecular weight excluding hydrogens is 534 g/mol. The Morgan fingerprint density at radius 2 is 1.71 bits per heavy atom. The summed E-state index contributed by atoms with van der Waals surface area (Å²) >= 11 is 0. The van der Waals surface area contributed by atoms with Crippen molar-refractivity contribution >= 4 is 29.6 Å². The van der Waals surface area contributed by atoms with Crippen LogP contribution < -0.4 is 16.0 Å². The number of hydrogen-bond donors (Lipinski definition) is 4. The molecular formula is C28H51N5O8. The topological polar surface area (TPSA) is 167 Å². The standard InChI is InChI=1S/C28H51N5O8/c1-10-17(2)24(32(7)22(35)15-31-27(39)28(4,5)29-6)20(40-8)14-21(34)33-13-11-12-19(33)25(41-9)18(3)26(38)30-16-23(36)37/h17-20,24-25,29H,10-16H2,1-9H3,(H,30,38)(H,31,39)(H,36,37)/t17-,18+,19-,20+,24-,25+/m0/s1. The molecule has 0 aromatic heterocycles. The van der Waals surface area contributed by atoms with Crippen LogP contribution in [0.5, 0.6) is 0 Å². The molecule has 0 aliphatic carbocycles. The highest BCUT2D eigenvalue weighted by molar-refractivity contribution is 5.89. The zero-order valence-electron chi connectivity index (χ0n) is 26.1. The lowest BCUT2D eigenvalue weighted by molar-refractivity contribution is -0.146. The van der Waals surface area contributed by atoms with Crippen molar-refractivity contribution < 1.29 is 38.6 Å². The predicted molar refractivity (Wildman–Crippen MR) is 153 cm³/mol. The Morgan fingerprint density at radius 1 is 1.07 bits per heavy atom. The van der Waals surface area contributed by atoms with E-state index < -0.39 is 48.1 Å². The van der Waals surface area contributed by atoms with Gasteiger partial charge in [-0.25, -0.2) is 0 Å². The highest BCUT2D eigenvalue weighted by atomic mass is 16.5. The molecule has 0 bridgehead atoms. The van der Waals surface area contributed by atoms with Gasteiger partial charge in [-0.05, 0) is 39.7 Å². The SMILES string of the molecule is CC[C@H](C)[C@@H]([C@@H](CC(=O)N1CCC[C@H]1[C@H](OC)[C@@H](C)C(=O)NCC(=O)O)OC)N(C)C(=O)CNC(=O)C(C)(C)NC. The van der Waals surface area contributed by atoms with Crippen LogP contribution in [0.3, 0.4) is 0 Å². The molecule has 1 rings (SSSR count). The fourth-order valence-corrected chi connectivity index (χ4v) is 5.26. The number of amides is 4. The van der Waals surface area contributed by atoms with Gasteiger partial charge in [-0.15, -0.1) is 0 Å². The molecule has 13 heteroatoms. The van der Waals surface area contributed by atoms with Crippen LogP contribution in [0.15, 0.2) is 0 Å². The van der Waals surface area contributed by atoms with Gasteiger partial charge >= 0.3 is 5.97 Å². The van der Waals surface area contributed by atoms with Crippen molar-refractivity contribution in [2.45, 2.75) is 90.1 Å². The maximum absolute atomic E-state index is 13.7. The normalized spacial score (nSPS) is 19.0. The summed E-state index contributed by atoms with van der Waals surface area (Å²) < 4.78 is 11.5. The number of carboxylic acids is 1. The summed E-state index contributed by atoms with van der Waals surface area (Å²) in [5.74, 6) is -3.09. The lowest BCUT2D eigenvalue weighted by Crippen LogP contribution is -2.56. The van der Waals surface area contributed by atoms with Crippen molar-refractivity contribution in [1.29, 1.82) is 0 Å². The van der Waals surface area contributed by atoms with E-state index in [1.165, 1.54) is 14.2 Å². The molecule has 0 spiro atoms. The summed E-state index contributed by atoms with van der Waals surface area (Å²) in [5, 5.41) is 16.9. The Hall–Kier alpha value is -2.77. The van der Waals surface area contributed by atoms with E-state index in [1.54, 1.807) is 44.7 Å². The summed E-state index contributed by atoms with van der Waals surface area (Å²) in [7, 11) is 6.31. The lowest BCUT2D eigenvalue weighted by Gasteiger charge is -2.39. The number of hydrogen-bond acceptors (Lipinski definition) is 8. The maximum Gasteiger partial charge on any atom is 0.322 e. The van der Waals surface area contributed by atoms with Gasteiger partial charge in [-0.1, -0.05) is 27.2 Å². The van der Waals surface area contributed by atoms with Crippen molar-refractivity contribution in [1.82, 2.24) is 25.8 Å². The number of aliphatic carboxylic acids is 1. The van der Waals surface area contributed by atoms with Crippen LogP contribution >= 0.6 is 0 Å². The summed E-state index contributed by atoms with van der Waals surface area (Å²) in [4.78, 5) is 66.0. The number of carbonyl (C=O) groups is 5. The quantitative estimate of drug-likeness (QED) is 0.187. The Balaban J connectivity index is 3.05. The number of rotatable bonds is 17. The first kappa shape index (κ1) is 36.3. The molecule has 0 unspecified atom stereocenters. The number of carbonyl (C=O) groups excluding carboxylic acids is 4. The summed E-state index contributed by atoms with van der Waals surface area (Å²) in [5.41, 5.74) is -0.836. The Bertz CT molecular complexity index is 914. The lowest BCUT2D eigenvalue weighted by atomic mass is 9.90. The first-order valence-corrected chi connectivity index (χ1v) is 14.2. The summed E-state index contributed by atoms with van der Waals surface area (Å²) in [6.07, 6.45) is 0.859. The number of ether oxygens (including phenoxy) is 2. The number of methoxy groups -OCH3 is 2. The molecule has 0 aromatic rings. The number of carboxylic acid groups (broad SMARTS) is 1.